The molecule has 0 bridgehead atoms. The molecule has 3 unspecified atom stereocenters. The number of hydrogen-bond acceptors (Lipinski definition) is 5. The van der Waals surface area contributed by atoms with E-state index in [1.807, 2.05) is 0 Å². The minimum absolute atomic E-state index is 0.000300. The maximum Gasteiger partial charge on any atom is 0.286 e. The number of methoxy groups -OCH3 is 1. The molecule has 1 aliphatic carbocycles. The summed E-state index contributed by atoms with van der Waals surface area (Å²) in [6.45, 7) is 6.45. The number of nitro benzene ring substituents is 1. The highest BCUT2D eigenvalue weighted by Crippen LogP contribution is 2.35. The van der Waals surface area contributed by atoms with Crippen molar-refractivity contribution in [3.8, 4) is 11.5 Å². The predicted octanol–water partition coefficient (Wildman–Crippen LogP) is 3.56. The van der Waals surface area contributed by atoms with E-state index < -0.39 is 10.8 Å². The van der Waals surface area contributed by atoms with Crippen LogP contribution in [0.4, 0.5) is 5.69 Å². The van der Waals surface area contributed by atoms with Crippen LogP contribution < -0.4 is 14.8 Å². The highest BCUT2D eigenvalue weighted by atomic mass is 16.6. The van der Waals surface area contributed by atoms with Crippen molar-refractivity contribution in [2.45, 2.75) is 46.1 Å². The van der Waals surface area contributed by atoms with Crippen molar-refractivity contribution in [3.05, 3.63) is 27.8 Å². The standard InChI is InChI=1S/C18H26N2O5/c1-5-25-17-9-13(15(20(22)23)10-16(17)24-4)18(21)19-14-8-6-7-11(2)12(14)3/h9-12,14H,5-8H2,1-4H3,(H,19,21). The fourth-order valence-electron chi connectivity index (χ4n) is 3.34. The monoisotopic (exact) mass is 350 g/mol. The van der Waals surface area contributed by atoms with Gasteiger partial charge in [-0.05, 0) is 25.2 Å². The molecule has 0 aliphatic heterocycles. The Hall–Kier alpha value is -2.31. The maximum absolute atomic E-state index is 12.7. The molecule has 1 aliphatic rings. The zero-order valence-electron chi connectivity index (χ0n) is 15.2. The lowest BCUT2D eigenvalue weighted by molar-refractivity contribution is -0.385. The molecular weight excluding hydrogens is 324 g/mol. The third-order valence-corrected chi connectivity index (χ3v) is 5.05. The van der Waals surface area contributed by atoms with Crippen molar-refractivity contribution in [2.75, 3.05) is 13.7 Å². The van der Waals surface area contributed by atoms with Crippen LogP contribution in [-0.4, -0.2) is 30.6 Å². The van der Waals surface area contributed by atoms with Crippen molar-refractivity contribution in [3.63, 3.8) is 0 Å². The van der Waals surface area contributed by atoms with Gasteiger partial charge in [-0.2, -0.15) is 0 Å². The van der Waals surface area contributed by atoms with Gasteiger partial charge >= 0.3 is 0 Å². The molecule has 1 fully saturated rings. The first-order valence-corrected chi connectivity index (χ1v) is 8.69. The molecule has 25 heavy (non-hydrogen) atoms. The molecule has 3 atom stereocenters. The van der Waals surface area contributed by atoms with Gasteiger partial charge in [-0.3, -0.25) is 14.9 Å². The van der Waals surface area contributed by atoms with E-state index in [0.29, 0.717) is 24.2 Å². The van der Waals surface area contributed by atoms with E-state index in [1.165, 1.54) is 19.2 Å². The number of amides is 1. The first kappa shape index (κ1) is 19.0. The second-order valence-corrected chi connectivity index (χ2v) is 6.56. The smallest absolute Gasteiger partial charge is 0.286 e. The Balaban J connectivity index is 2.33. The van der Waals surface area contributed by atoms with Gasteiger partial charge in [-0.1, -0.05) is 26.7 Å². The second kappa shape index (κ2) is 8.18. The van der Waals surface area contributed by atoms with Gasteiger partial charge in [-0.25, -0.2) is 0 Å². The van der Waals surface area contributed by atoms with Gasteiger partial charge in [0.25, 0.3) is 11.6 Å². The minimum atomic E-state index is -0.569. The van der Waals surface area contributed by atoms with Gasteiger partial charge in [0, 0.05) is 12.1 Å². The molecule has 138 valence electrons. The van der Waals surface area contributed by atoms with Crippen LogP contribution in [0.2, 0.25) is 0 Å². The van der Waals surface area contributed by atoms with Crippen LogP contribution >= 0.6 is 0 Å². The fraction of sp³-hybridized carbons (Fsp3) is 0.611. The lowest BCUT2D eigenvalue weighted by atomic mass is 9.78. The molecule has 7 heteroatoms. The van der Waals surface area contributed by atoms with E-state index in [4.69, 9.17) is 9.47 Å². The zero-order chi connectivity index (χ0) is 18.6. The van der Waals surface area contributed by atoms with Crippen LogP contribution in [0.5, 0.6) is 11.5 Å². The number of nitrogens with zero attached hydrogens (tertiary/aromatic N) is 1. The molecule has 1 amide bonds. The van der Waals surface area contributed by atoms with Crippen molar-refractivity contribution >= 4 is 11.6 Å². The fourth-order valence-corrected chi connectivity index (χ4v) is 3.34. The lowest BCUT2D eigenvalue weighted by Crippen LogP contribution is -2.43. The summed E-state index contributed by atoms with van der Waals surface area (Å²) in [5.41, 5.74) is -0.283. The number of hydrogen-bond donors (Lipinski definition) is 1. The Morgan fingerprint density at radius 2 is 2.04 bits per heavy atom. The quantitative estimate of drug-likeness (QED) is 0.626. The van der Waals surface area contributed by atoms with E-state index in [0.717, 1.165) is 19.3 Å². The average Bonchev–Trinajstić information content (AvgIpc) is 2.58. The number of rotatable bonds is 6. The van der Waals surface area contributed by atoms with Gasteiger partial charge in [0.2, 0.25) is 0 Å². The van der Waals surface area contributed by atoms with Crippen molar-refractivity contribution < 1.29 is 19.2 Å². The topological polar surface area (TPSA) is 90.7 Å². The Morgan fingerprint density at radius 1 is 1.32 bits per heavy atom. The molecule has 0 spiro atoms. The molecule has 0 aromatic heterocycles. The molecule has 0 saturated heterocycles. The first-order chi connectivity index (χ1) is 11.9. The molecule has 0 radical (unpaired) electrons. The highest BCUT2D eigenvalue weighted by Gasteiger charge is 2.31. The molecule has 0 heterocycles. The maximum atomic E-state index is 12.7. The Kier molecular flexibility index (Phi) is 6.22. The van der Waals surface area contributed by atoms with Crippen LogP contribution in [-0.2, 0) is 0 Å². The molecule has 1 N–H and O–H groups in total. The van der Waals surface area contributed by atoms with Crippen molar-refractivity contribution in [2.24, 2.45) is 11.8 Å². The van der Waals surface area contributed by atoms with Crippen LogP contribution in [0, 0.1) is 22.0 Å². The first-order valence-electron chi connectivity index (χ1n) is 8.69. The Labute approximate surface area is 147 Å². The van der Waals surface area contributed by atoms with Crippen LogP contribution in [0.25, 0.3) is 0 Å². The summed E-state index contributed by atoms with van der Waals surface area (Å²) >= 11 is 0. The summed E-state index contributed by atoms with van der Waals surface area (Å²) in [5, 5.41) is 14.4. The summed E-state index contributed by atoms with van der Waals surface area (Å²) in [7, 11) is 1.41. The third kappa shape index (κ3) is 4.21. The zero-order valence-corrected chi connectivity index (χ0v) is 15.2. The summed E-state index contributed by atoms with van der Waals surface area (Å²) < 4.78 is 10.6. The van der Waals surface area contributed by atoms with Gasteiger partial charge in [0.15, 0.2) is 11.5 Å². The third-order valence-electron chi connectivity index (χ3n) is 5.05. The van der Waals surface area contributed by atoms with Gasteiger partial charge in [-0.15, -0.1) is 0 Å². The second-order valence-electron chi connectivity index (χ2n) is 6.56. The van der Waals surface area contributed by atoms with Crippen LogP contribution in [0.15, 0.2) is 12.1 Å². The largest absolute Gasteiger partial charge is 0.493 e. The average molecular weight is 350 g/mol. The number of nitrogens with one attached hydrogen (secondary N) is 1. The van der Waals surface area contributed by atoms with E-state index in [2.05, 4.69) is 19.2 Å². The highest BCUT2D eigenvalue weighted by molar-refractivity contribution is 5.99. The van der Waals surface area contributed by atoms with Crippen LogP contribution in [0.3, 0.4) is 0 Å². The summed E-state index contributed by atoms with van der Waals surface area (Å²) in [6, 6.07) is 2.66. The molecular formula is C18H26N2O5. The Bertz CT molecular complexity index is 647. The summed E-state index contributed by atoms with van der Waals surface area (Å²) in [5.74, 6) is 0.974. The van der Waals surface area contributed by atoms with Gasteiger partial charge < -0.3 is 14.8 Å². The minimum Gasteiger partial charge on any atom is -0.493 e. The molecule has 7 nitrogen and oxygen atoms in total. The lowest BCUT2D eigenvalue weighted by Gasteiger charge is -2.34. The summed E-state index contributed by atoms with van der Waals surface area (Å²) in [4.78, 5) is 23.6. The van der Waals surface area contributed by atoms with Crippen molar-refractivity contribution in [1.82, 2.24) is 5.32 Å². The SMILES string of the molecule is CCOc1cc(C(=O)NC2CCCC(C)C2C)c([N+](=O)[O-])cc1OC. The van der Waals surface area contributed by atoms with Crippen LogP contribution in [0.1, 0.15) is 50.4 Å². The van der Waals surface area contributed by atoms with E-state index in [1.54, 1.807) is 6.92 Å². The number of carbonyl (C=O) groups excluding carboxylic acids is 1. The number of ether oxygens (including phenoxy) is 2. The van der Waals surface area contributed by atoms with Crippen molar-refractivity contribution in [1.29, 1.82) is 0 Å². The van der Waals surface area contributed by atoms with Gasteiger partial charge in [0.1, 0.15) is 5.56 Å². The van der Waals surface area contributed by atoms with E-state index >= 15 is 0 Å². The number of benzene rings is 1. The normalized spacial score (nSPS) is 23.0. The molecule has 2 rings (SSSR count). The summed E-state index contributed by atoms with van der Waals surface area (Å²) in [6.07, 6.45) is 3.08. The molecule has 1 aromatic carbocycles. The van der Waals surface area contributed by atoms with Gasteiger partial charge in [0.05, 0.1) is 24.7 Å². The predicted molar refractivity (Wildman–Crippen MR) is 94.3 cm³/mol. The van der Waals surface area contributed by atoms with E-state index in [9.17, 15) is 14.9 Å². The number of nitro groups is 1. The number of carbonyl (C=O) groups is 1. The van der Waals surface area contributed by atoms with E-state index in [-0.39, 0.29) is 23.0 Å². The molecule has 1 saturated carbocycles. The molecule has 1 aromatic rings. The Morgan fingerprint density at radius 3 is 2.64 bits per heavy atom.